The minimum Gasteiger partial charge on any atom is -0.478 e. The number of para-hydroxylation sites is 1. The summed E-state index contributed by atoms with van der Waals surface area (Å²) in [6.07, 6.45) is 0. The molecule has 0 aliphatic carbocycles. The zero-order valence-corrected chi connectivity index (χ0v) is 13.1. The number of nitrogens with zero attached hydrogens (tertiary/aromatic N) is 3. The number of carboxylic acid groups (broad SMARTS) is 1. The van der Waals surface area contributed by atoms with Gasteiger partial charge in [0.1, 0.15) is 11.5 Å². The predicted molar refractivity (Wildman–Crippen MR) is 87.4 cm³/mol. The lowest BCUT2D eigenvalue weighted by atomic mass is 10.2. The molecule has 0 fully saturated rings. The smallest absolute Gasteiger partial charge is 0.335 e. The van der Waals surface area contributed by atoms with Crippen LogP contribution in [0.25, 0.3) is 5.69 Å². The average Bonchev–Trinajstić information content (AvgIpc) is 2.97. The molecule has 1 aromatic heterocycles. The Kier molecular flexibility index (Phi) is 4.25. The molecule has 2 aromatic carbocycles. The van der Waals surface area contributed by atoms with Gasteiger partial charge in [-0.05, 0) is 43.3 Å². The van der Waals surface area contributed by atoms with Gasteiger partial charge in [0.05, 0.1) is 11.3 Å². The minimum absolute atomic E-state index is 0.0468. The van der Waals surface area contributed by atoms with Gasteiger partial charge >= 0.3 is 5.97 Å². The summed E-state index contributed by atoms with van der Waals surface area (Å²) in [4.78, 5) is 23.2. The van der Waals surface area contributed by atoms with Crippen LogP contribution < -0.4 is 5.32 Å². The second-order valence-electron chi connectivity index (χ2n) is 5.22. The molecule has 8 heteroatoms. The molecule has 1 amide bonds. The van der Waals surface area contributed by atoms with Crippen LogP contribution in [0, 0.1) is 12.7 Å². The van der Waals surface area contributed by atoms with Crippen molar-refractivity contribution >= 4 is 17.6 Å². The highest BCUT2D eigenvalue weighted by Crippen LogP contribution is 2.17. The van der Waals surface area contributed by atoms with Crippen LogP contribution in [0.5, 0.6) is 0 Å². The van der Waals surface area contributed by atoms with Crippen LogP contribution in [0.15, 0.2) is 48.5 Å². The van der Waals surface area contributed by atoms with Crippen molar-refractivity contribution in [1.82, 2.24) is 15.0 Å². The molecule has 0 atom stereocenters. The highest BCUT2D eigenvalue weighted by Gasteiger charge is 2.19. The van der Waals surface area contributed by atoms with Crippen LogP contribution in [0.3, 0.4) is 0 Å². The molecule has 126 valence electrons. The molecule has 0 bridgehead atoms. The molecule has 0 saturated heterocycles. The minimum atomic E-state index is -1.05. The number of nitrogens with one attached hydrogen (secondary N) is 1. The summed E-state index contributed by atoms with van der Waals surface area (Å²) in [5.41, 5.74) is 1.14. The van der Waals surface area contributed by atoms with E-state index in [4.69, 9.17) is 5.11 Å². The lowest BCUT2D eigenvalue weighted by Gasteiger charge is -2.06. The Hall–Kier alpha value is -3.55. The molecular formula is C17H13FN4O3. The van der Waals surface area contributed by atoms with E-state index in [0.29, 0.717) is 11.4 Å². The first-order valence-corrected chi connectivity index (χ1v) is 7.29. The van der Waals surface area contributed by atoms with Gasteiger partial charge < -0.3 is 10.4 Å². The topological polar surface area (TPSA) is 97.1 Å². The van der Waals surface area contributed by atoms with Gasteiger partial charge in [-0.15, -0.1) is 5.10 Å². The highest BCUT2D eigenvalue weighted by molar-refractivity contribution is 6.03. The summed E-state index contributed by atoms with van der Waals surface area (Å²) in [6.45, 7) is 1.61. The number of halogens is 1. The SMILES string of the molecule is Cc1c(C(=O)Nc2ccc(C(=O)O)cc2)nnn1-c1ccccc1F. The molecule has 7 nitrogen and oxygen atoms in total. The number of rotatable bonds is 4. The van der Waals surface area contributed by atoms with Gasteiger partial charge in [-0.25, -0.2) is 13.9 Å². The van der Waals surface area contributed by atoms with Crippen molar-refractivity contribution < 1.29 is 19.1 Å². The van der Waals surface area contributed by atoms with Gasteiger partial charge in [0, 0.05) is 5.69 Å². The van der Waals surface area contributed by atoms with Crippen LogP contribution >= 0.6 is 0 Å². The third kappa shape index (κ3) is 3.23. The third-order valence-electron chi connectivity index (χ3n) is 3.58. The molecule has 0 aliphatic rings. The van der Waals surface area contributed by atoms with E-state index >= 15 is 0 Å². The molecule has 3 rings (SSSR count). The van der Waals surface area contributed by atoms with Crippen molar-refractivity contribution in [3.05, 3.63) is 71.3 Å². The largest absolute Gasteiger partial charge is 0.478 e. The first-order chi connectivity index (χ1) is 12.0. The van der Waals surface area contributed by atoms with Crippen LogP contribution in [0.4, 0.5) is 10.1 Å². The summed E-state index contributed by atoms with van der Waals surface area (Å²) in [5.74, 6) is -2.06. The molecule has 0 saturated carbocycles. The second-order valence-corrected chi connectivity index (χ2v) is 5.22. The number of benzene rings is 2. The Morgan fingerprint density at radius 1 is 1.12 bits per heavy atom. The lowest BCUT2D eigenvalue weighted by Crippen LogP contribution is -2.14. The van der Waals surface area contributed by atoms with E-state index in [2.05, 4.69) is 15.6 Å². The first-order valence-electron chi connectivity index (χ1n) is 7.29. The summed E-state index contributed by atoms with van der Waals surface area (Å²) in [7, 11) is 0. The molecule has 0 spiro atoms. The maximum atomic E-state index is 13.9. The fraction of sp³-hybridized carbons (Fsp3) is 0.0588. The number of carboxylic acids is 1. The molecule has 2 N–H and O–H groups in total. The number of anilines is 1. The van der Waals surface area contributed by atoms with Gasteiger partial charge in [0.15, 0.2) is 5.69 Å². The molecule has 1 heterocycles. The molecular weight excluding hydrogens is 327 g/mol. The van der Waals surface area contributed by atoms with E-state index in [1.54, 1.807) is 19.1 Å². The van der Waals surface area contributed by atoms with Crippen LogP contribution in [-0.4, -0.2) is 32.0 Å². The van der Waals surface area contributed by atoms with Gasteiger partial charge in [0.2, 0.25) is 0 Å². The quantitative estimate of drug-likeness (QED) is 0.761. The summed E-state index contributed by atoms with van der Waals surface area (Å²) >= 11 is 0. The average molecular weight is 340 g/mol. The molecule has 0 radical (unpaired) electrons. The summed E-state index contributed by atoms with van der Waals surface area (Å²) in [6, 6.07) is 11.7. The zero-order valence-electron chi connectivity index (χ0n) is 13.1. The van der Waals surface area contributed by atoms with Crippen molar-refractivity contribution in [3.8, 4) is 5.69 Å². The number of aromatic carboxylic acids is 1. The number of carbonyl (C=O) groups excluding carboxylic acids is 1. The Morgan fingerprint density at radius 2 is 1.80 bits per heavy atom. The van der Waals surface area contributed by atoms with Gasteiger partial charge in [-0.3, -0.25) is 4.79 Å². The molecule has 3 aromatic rings. The summed E-state index contributed by atoms with van der Waals surface area (Å²) < 4.78 is 15.1. The van der Waals surface area contributed by atoms with Crippen molar-refractivity contribution in [3.63, 3.8) is 0 Å². The first kappa shape index (κ1) is 16.3. The number of amides is 1. The highest BCUT2D eigenvalue weighted by atomic mass is 19.1. The van der Waals surface area contributed by atoms with Crippen LogP contribution in [0.1, 0.15) is 26.5 Å². The Bertz CT molecular complexity index is 951. The fourth-order valence-corrected chi connectivity index (χ4v) is 2.28. The third-order valence-corrected chi connectivity index (χ3v) is 3.58. The molecule has 0 aliphatic heterocycles. The fourth-order valence-electron chi connectivity index (χ4n) is 2.28. The monoisotopic (exact) mass is 340 g/mol. The number of hydrogen-bond acceptors (Lipinski definition) is 4. The van der Waals surface area contributed by atoms with Crippen LogP contribution in [-0.2, 0) is 0 Å². The van der Waals surface area contributed by atoms with E-state index in [1.165, 1.54) is 41.1 Å². The van der Waals surface area contributed by atoms with Gasteiger partial charge in [-0.2, -0.15) is 0 Å². The van der Waals surface area contributed by atoms with Gasteiger partial charge in [-0.1, -0.05) is 17.3 Å². The maximum absolute atomic E-state index is 13.9. The Balaban J connectivity index is 1.84. The van der Waals surface area contributed by atoms with E-state index in [-0.39, 0.29) is 16.9 Å². The van der Waals surface area contributed by atoms with E-state index in [0.717, 1.165) is 0 Å². The molecule has 0 unspecified atom stereocenters. The second kappa shape index (κ2) is 6.52. The van der Waals surface area contributed by atoms with Crippen LogP contribution in [0.2, 0.25) is 0 Å². The van der Waals surface area contributed by atoms with Crippen molar-refractivity contribution in [2.45, 2.75) is 6.92 Å². The Morgan fingerprint density at radius 3 is 2.44 bits per heavy atom. The lowest BCUT2D eigenvalue weighted by molar-refractivity contribution is 0.0696. The number of carbonyl (C=O) groups is 2. The predicted octanol–water partition coefficient (Wildman–Crippen LogP) is 2.67. The van der Waals surface area contributed by atoms with Crippen molar-refractivity contribution in [2.75, 3.05) is 5.32 Å². The maximum Gasteiger partial charge on any atom is 0.335 e. The standard InChI is InChI=1S/C17H13FN4O3/c1-10-15(20-21-22(10)14-5-3-2-4-13(14)18)16(23)19-12-8-6-11(7-9-12)17(24)25/h2-9H,1H3,(H,19,23)(H,24,25). The van der Waals surface area contributed by atoms with E-state index in [1.807, 2.05) is 0 Å². The zero-order chi connectivity index (χ0) is 18.0. The van der Waals surface area contributed by atoms with E-state index in [9.17, 15) is 14.0 Å². The normalized spacial score (nSPS) is 10.5. The van der Waals surface area contributed by atoms with Crippen molar-refractivity contribution in [1.29, 1.82) is 0 Å². The van der Waals surface area contributed by atoms with Gasteiger partial charge in [0.25, 0.3) is 5.91 Å². The number of aromatic nitrogens is 3. The molecule has 25 heavy (non-hydrogen) atoms. The Labute approximate surface area is 141 Å². The number of hydrogen-bond donors (Lipinski definition) is 2. The summed E-state index contributed by atoms with van der Waals surface area (Å²) in [5, 5.41) is 19.1. The van der Waals surface area contributed by atoms with E-state index < -0.39 is 17.7 Å². The van der Waals surface area contributed by atoms with Crippen molar-refractivity contribution in [2.24, 2.45) is 0 Å².